The monoisotopic (exact) mass is 447 g/mol. The highest BCUT2D eigenvalue weighted by molar-refractivity contribution is 6.07. The number of hydrogen-bond acceptors (Lipinski definition) is 9. The number of hydrogen-bond donors (Lipinski definition) is 0. The maximum Gasteiger partial charge on any atom is 0.357 e. The van der Waals surface area contributed by atoms with Crippen LogP contribution in [0.3, 0.4) is 0 Å². The Hall–Kier alpha value is -4.34. The Labute approximate surface area is 189 Å². The third-order valence-corrected chi connectivity index (χ3v) is 5.77. The van der Waals surface area contributed by atoms with Crippen molar-refractivity contribution in [2.45, 2.75) is 13.0 Å². The van der Waals surface area contributed by atoms with Crippen molar-refractivity contribution in [3.63, 3.8) is 0 Å². The second-order valence-corrected chi connectivity index (χ2v) is 7.57. The summed E-state index contributed by atoms with van der Waals surface area (Å²) in [4.78, 5) is 26.2. The van der Waals surface area contributed by atoms with Gasteiger partial charge in [-0.2, -0.15) is 0 Å². The molecule has 0 spiro atoms. The standard InChI is InChI=1S/C23H21N5O5/c1-13-5-10-16-17(11-13)27-19(14-6-8-15(31-2)9-7-14)18(21(29)32-3)20(22(30)33-4)28(27)23-25-24-12-26(16)23/h5-12,19H,1-4H3. The maximum atomic E-state index is 13.1. The largest absolute Gasteiger partial charge is 0.497 e. The van der Waals surface area contributed by atoms with Crippen LogP contribution in [0.1, 0.15) is 17.2 Å². The molecule has 1 atom stereocenters. The molecule has 2 aliphatic heterocycles. The predicted molar refractivity (Wildman–Crippen MR) is 118 cm³/mol. The summed E-state index contributed by atoms with van der Waals surface area (Å²) in [5, 5.41) is 11.7. The van der Waals surface area contributed by atoms with Crippen molar-refractivity contribution in [1.82, 2.24) is 14.8 Å². The third-order valence-electron chi connectivity index (χ3n) is 5.77. The Kier molecular flexibility index (Phi) is 4.77. The van der Waals surface area contributed by atoms with Gasteiger partial charge in [0.05, 0.1) is 38.3 Å². The highest BCUT2D eigenvalue weighted by Gasteiger charge is 2.51. The number of fused-ring (bicyclic) bond motifs is 6. The van der Waals surface area contributed by atoms with Gasteiger partial charge < -0.3 is 14.2 Å². The summed E-state index contributed by atoms with van der Waals surface area (Å²) in [5.41, 5.74) is 3.49. The van der Waals surface area contributed by atoms with Crippen LogP contribution in [0, 0.1) is 6.92 Å². The van der Waals surface area contributed by atoms with Crippen LogP contribution in [0.5, 0.6) is 5.75 Å². The van der Waals surface area contributed by atoms with Gasteiger partial charge in [0.2, 0.25) is 0 Å². The maximum absolute atomic E-state index is 13.1. The van der Waals surface area contributed by atoms with Crippen molar-refractivity contribution in [1.29, 1.82) is 0 Å². The van der Waals surface area contributed by atoms with Crippen molar-refractivity contribution in [2.24, 2.45) is 0 Å². The van der Waals surface area contributed by atoms with E-state index in [2.05, 4.69) is 10.2 Å². The van der Waals surface area contributed by atoms with Crippen LogP contribution in [0.4, 0.5) is 11.6 Å². The molecule has 0 aliphatic carbocycles. The van der Waals surface area contributed by atoms with E-state index in [1.165, 1.54) is 14.2 Å². The van der Waals surface area contributed by atoms with Crippen molar-refractivity contribution in [2.75, 3.05) is 31.3 Å². The average molecular weight is 447 g/mol. The molecule has 0 fully saturated rings. The second kappa shape index (κ2) is 7.66. The first kappa shape index (κ1) is 20.6. The van der Waals surface area contributed by atoms with Gasteiger partial charge in [0.15, 0.2) is 5.70 Å². The van der Waals surface area contributed by atoms with E-state index in [0.717, 1.165) is 22.5 Å². The fourth-order valence-electron chi connectivity index (χ4n) is 4.30. The second-order valence-electron chi connectivity index (χ2n) is 7.57. The molecule has 0 amide bonds. The Bertz CT molecular complexity index is 1300. The van der Waals surface area contributed by atoms with E-state index in [9.17, 15) is 9.59 Å². The van der Waals surface area contributed by atoms with Gasteiger partial charge in [0.1, 0.15) is 18.1 Å². The van der Waals surface area contributed by atoms with Gasteiger partial charge in [-0.15, -0.1) is 10.2 Å². The zero-order valence-corrected chi connectivity index (χ0v) is 18.5. The van der Waals surface area contributed by atoms with Crippen LogP contribution in [-0.2, 0) is 19.1 Å². The number of carbonyl (C=O) groups is 2. The number of aryl methyl sites for hydroxylation is 1. The molecule has 10 heteroatoms. The summed E-state index contributed by atoms with van der Waals surface area (Å²) in [5.74, 6) is -0.322. The van der Waals surface area contributed by atoms with Crippen molar-refractivity contribution >= 4 is 23.6 Å². The average Bonchev–Trinajstić information content (AvgIpc) is 3.46. The molecule has 5 rings (SSSR count). The molecule has 3 aromatic rings. The molecule has 0 N–H and O–H groups in total. The molecule has 1 aromatic heterocycles. The smallest absolute Gasteiger partial charge is 0.357 e. The van der Waals surface area contributed by atoms with Crippen LogP contribution < -0.4 is 14.8 Å². The number of nitrogens with zero attached hydrogens (tertiary/aromatic N) is 5. The van der Waals surface area contributed by atoms with Crippen molar-refractivity contribution in [3.8, 4) is 11.4 Å². The molecule has 0 radical (unpaired) electrons. The number of methoxy groups -OCH3 is 3. The predicted octanol–water partition coefficient (Wildman–Crippen LogP) is 2.48. The van der Waals surface area contributed by atoms with E-state index in [4.69, 9.17) is 14.2 Å². The van der Waals surface area contributed by atoms with E-state index in [-0.39, 0.29) is 11.3 Å². The number of anilines is 2. The van der Waals surface area contributed by atoms with Gasteiger partial charge in [-0.25, -0.2) is 14.6 Å². The minimum atomic E-state index is -0.693. The van der Waals surface area contributed by atoms with Crippen molar-refractivity contribution in [3.05, 3.63) is 71.2 Å². The molecular weight excluding hydrogens is 426 g/mol. The number of hydrazine groups is 1. The summed E-state index contributed by atoms with van der Waals surface area (Å²) in [7, 11) is 4.13. The number of benzene rings is 2. The summed E-state index contributed by atoms with van der Waals surface area (Å²) < 4.78 is 17.3. The van der Waals surface area contributed by atoms with Gasteiger partial charge in [0, 0.05) is 0 Å². The van der Waals surface area contributed by atoms with E-state index < -0.39 is 18.0 Å². The molecule has 168 valence electrons. The lowest BCUT2D eigenvalue weighted by Crippen LogP contribution is -2.45. The van der Waals surface area contributed by atoms with Gasteiger partial charge >= 0.3 is 11.9 Å². The first-order chi connectivity index (χ1) is 16.0. The molecule has 2 aliphatic rings. The van der Waals surface area contributed by atoms with Gasteiger partial charge in [0.25, 0.3) is 5.95 Å². The van der Waals surface area contributed by atoms with Gasteiger partial charge in [-0.3, -0.25) is 9.58 Å². The molecule has 0 saturated carbocycles. The molecular formula is C23H21N5O5. The number of rotatable bonds is 4. The third kappa shape index (κ3) is 2.94. The van der Waals surface area contributed by atoms with E-state index in [1.807, 2.05) is 42.3 Å². The minimum Gasteiger partial charge on any atom is -0.497 e. The summed E-state index contributed by atoms with van der Waals surface area (Å²) in [6, 6.07) is 12.5. The van der Waals surface area contributed by atoms with Gasteiger partial charge in [-0.1, -0.05) is 18.2 Å². The van der Waals surface area contributed by atoms with Crippen LogP contribution in [0.15, 0.2) is 60.1 Å². The highest BCUT2D eigenvalue weighted by Crippen LogP contribution is 2.50. The summed E-state index contributed by atoms with van der Waals surface area (Å²) in [6.07, 6.45) is 1.56. The fourth-order valence-corrected chi connectivity index (χ4v) is 4.30. The lowest BCUT2D eigenvalue weighted by molar-refractivity contribution is -0.139. The molecule has 0 bridgehead atoms. The van der Waals surface area contributed by atoms with Crippen LogP contribution in [0.2, 0.25) is 0 Å². The SMILES string of the molecule is COC(=O)C1=C(C(=O)OC)N2c3nncn3-c3ccc(C)cc3N2C1c1ccc(OC)cc1. The number of ether oxygens (including phenoxy) is 3. The first-order valence-electron chi connectivity index (χ1n) is 10.1. The van der Waals surface area contributed by atoms with Crippen molar-refractivity contribution < 1.29 is 23.8 Å². The van der Waals surface area contributed by atoms with Crippen LogP contribution in [-0.4, -0.2) is 48.0 Å². The molecule has 1 unspecified atom stereocenters. The Morgan fingerprint density at radius 2 is 1.67 bits per heavy atom. The van der Waals surface area contributed by atoms with E-state index >= 15 is 0 Å². The Morgan fingerprint density at radius 1 is 0.939 bits per heavy atom. The normalized spacial score (nSPS) is 16.2. The fraction of sp³-hybridized carbons (Fsp3) is 0.217. The minimum absolute atomic E-state index is 0.0200. The lowest BCUT2D eigenvalue weighted by atomic mass is 9.97. The number of esters is 2. The molecule has 10 nitrogen and oxygen atoms in total. The Balaban J connectivity index is 1.84. The number of aromatic nitrogens is 3. The van der Waals surface area contributed by atoms with E-state index in [1.54, 1.807) is 35.1 Å². The molecule has 2 aromatic carbocycles. The number of carbonyl (C=O) groups excluding carboxylic acids is 2. The highest BCUT2D eigenvalue weighted by atomic mass is 16.5. The van der Waals surface area contributed by atoms with Crippen LogP contribution >= 0.6 is 0 Å². The van der Waals surface area contributed by atoms with Crippen LogP contribution in [0.25, 0.3) is 5.69 Å². The quantitative estimate of drug-likeness (QED) is 0.559. The summed E-state index contributed by atoms with van der Waals surface area (Å²) in [6.45, 7) is 1.97. The molecule has 33 heavy (non-hydrogen) atoms. The summed E-state index contributed by atoms with van der Waals surface area (Å²) >= 11 is 0. The zero-order valence-electron chi connectivity index (χ0n) is 18.5. The van der Waals surface area contributed by atoms with Gasteiger partial charge in [-0.05, 0) is 42.3 Å². The molecule has 3 heterocycles. The molecule has 0 saturated heterocycles. The lowest BCUT2D eigenvalue weighted by Gasteiger charge is -2.40. The topological polar surface area (TPSA) is 99.0 Å². The zero-order chi connectivity index (χ0) is 23.3. The van der Waals surface area contributed by atoms with E-state index in [0.29, 0.717) is 11.7 Å². The first-order valence-corrected chi connectivity index (χ1v) is 10.1. The Morgan fingerprint density at radius 3 is 2.33 bits per heavy atom.